The van der Waals surface area contributed by atoms with Crippen LogP contribution in [0.3, 0.4) is 0 Å². The SMILES string of the molecule is COc1ccc([C@@H]2CC(=O)N(CC(=O)N(c3ccccc3)c3nccs3)C2)cc1OCC1CC1. The van der Waals surface area contributed by atoms with Gasteiger partial charge in [0.25, 0.3) is 5.91 Å². The Labute approximate surface area is 202 Å². The van der Waals surface area contributed by atoms with Crippen molar-refractivity contribution in [3.63, 3.8) is 0 Å². The summed E-state index contributed by atoms with van der Waals surface area (Å²) in [7, 11) is 1.63. The minimum Gasteiger partial charge on any atom is -0.493 e. The minimum atomic E-state index is -0.182. The van der Waals surface area contributed by atoms with Crippen LogP contribution in [0.2, 0.25) is 0 Å². The third kappa shape index (κ3) is 4.92. The summed E-state index contributed by atoms with van der Waals surface area (Å²) < 4.78 is 11.5. The quantitative estimate of drug-likeness (QED) is 0.450. The van der Waals surface area contributed by atoms with Gasteiger partial charge in [0.15, 0.2) is 16.6 Å². The van der Waals surface area contributed by atoms with Gasteiger partial charge in [0.1, 0.15) is 6.54 Å². The molecule has 1 aromatic heterocycles. The molecular formula is C26H27N3O4S. The molecule has 1 aliphatic heterocycles. The average Bonchev–Trinajstić information content (AvgIpc) is 3.40. The molecule has 2 amide bonds. The second-order valence-corrected chi connectivity index (χ2v) is 9.59. The van der Waals surface area contributed by atoms with Crippen LogP contribution in [0.15, 0.2) is 60.1 Å². The molecule has 2 aromatic carbocycles. The number of nitrogens with zero attached hydrogens (tertiary/aromatic N) is 3. The number of amides is 2. The highest BCUT2D eigenvalue weighted by molar-refractivity contribution is 7.13. The maximum Gasteiger partial charge on any atom is 0.252 e. The first-order valence-corrected chi connectivity index (χ1v) is 12.4. The number of para-hydroxylation sites is 1. The number of benzene rings is 2. The highest BCUT2D eigenvalue weighted by atomic mass is 32.1. The van der Waals surface area contributed by atoms with Gasteiger partial charge in [-0.05, 0) is 48.6 Å². The molecule has 0 radical (unpaired) electrons. The molecule has 3 aromatic rings. The van der Waals surface area contributed by atoms with E-state index in [-0.39, 0.29) is 24.3 Å². The number of aromatic nitrogens is 1. The smallest absolute Gasteiger partial charge is 0.252 e. The fourth-order valence-corrected chi connectivity index (χ4v) is 4.88. The van der Waals surface area contributed by atoms with Crippen molar-refractivity contribution in [2.75, 3.05) is 31.7 Å². The van der Waals surface area contributed by atoms with Gasteiger partial charge in [-0.2, -0.15) is 0 Å². The minimum absolute atomic E-state index is 0.000445. The van der Waals surface area contributed by atoms with Crippen molar-refractivity contribution >= 4 is 34.0 Å². The maximum absolute atomic E-state index is 13.3. The number of ether oxygens (including phenoxy) is 2. The Morgan fingerprint density at radius 3 is 2.71 bits per heavy atom. The molecular weight excluding hydrogens is 450 g/mol. The third-order valence-electron chi connectivity index (χ3n) is 6.25. The molecule has 1 atom stereocenters. The van der Waals surface area contributed by atoms with Crippen LogP contribution in [0.1, 0.15) is 30.7 Å². The van der Waals surface area contributed by atoms with E-state index >= 15 is 0 Å². The van der Waals surface area contributed by atoms with Crippen LogP contribution in [-0.4, -0.2) is 48.5 Å². The topological polar surface area (TPSA) is 72.0 Å². The zero-order chi connectivity index (χ0) is 23.5. The molecule has 0 N–H and O–H groups in total. The molecule has 8 heteroatoms. The molecule has 2 fully saturated rings. The number of thiazole rings is 1. The third-order valence-corrected chi connectivity index (χ3v) is 7.00. The highest BCUT2D eigenvalue weighted by Crippen LogP contribution is 2.37. The van der Waals surface area contributed by atoms with E-state index in [0.717, 1.165) is 11.3 Å². The zero-order valence-corrected chi connectivity index (χ0v) is 19.9. The molecule has 2 heterocycles. The first-order chi connectivity index (χ1) is 16.6. The first-order valence-electron chi connectivity index (χ1n) is 11.5. The Hall–Kier alpha value is -3.39. The molecule has 7 nitrogen and oxygen atoms in total. The van der Waals surface area contributed by atoms with Crippen LogP contribution in [0.25, 0.3) is 0 Å². The van der Waals surface area contributed by atoms with Gasteiger partial charge >= 0.3 is 0 Å². The lowest BCUT2D eigenvalue weighted by Gasteiger charge is -2.23. The van der Waals surface area contributed by atoms with Crippen LogP contribution >= 0.6 is 11.3 Å². The summed E-state index contributed by atoms with van der Waals surface area (Å²) in [6.45, 7) is 1.18. The van der Waals surface area contributed by atoms with Gasteiger partial charge in [0.2, 0.25) is 5.91 Å². The fraction of sp³-hybridized carbons (Fsp3) is 0.346. The van der Waals surface area contributed by atoms with Gasteiger partial charge in [-0.25, -0.2) is 4.98 Å². The van der Waals surface area contributed by atoms with Gasteiger partial charge in [0, 0.05) is 30.5 Å². The first kappa shape index (κ1) is 22.4. The highest BCUT2D eigenvalue weighted by Gasteiger charge is 2.34. The summed E-state index contributed by atoms with van der Waals surface area (Å²) >= 11 is 1.39. The maximum atomic E-state index is 13.3. The Morgan fingerprint density at radius 1 is 1.18 bits per heavy atom. The van der Waals surface area contributed by atoms with Crippen molar-refractivity contribution in [3.8, 4) is 11.5 Å². The van der Waals surface area contributed by atoms with Crippen molar-refractivity contribution in [2.24, 2.45) is 5.92 Å². The van der Waals surface area contributed by atoms with Crippen molar-refractivity contribution in [3.05, 3.63) is 65.7 Å². The van der Waals surface area contributed by atoms with E-state index in [1.54, 1.807) is 23.1 Å². The van der Waals surface area contributed by atoms with Crippen LogP contribution in [0, 0.1) is 5.92 Å². The second-order valence-electron chi connectivity index (χ2n) is 8.72. The standard InChI is InChI=1S/C26H27N3O4S/c1-32-22-10-9-19(13-23(22)33-17-18-7-8-18)20-14-24(30)28(15-20)16-25(31)29(26-27-11-12-34-26)21-5-3-2-4-6-21/h2-6,9-13,18,20H,7-8,14-17H2,1H3/t20-/m1/s1. The lowest BCUT2D eigenvalue weighted by Crippen LogP contribution is -2.38. The van der Waals surface area contributed by atoms with Crippen molar-refractivity contribution < 1.29 is 19.1 Å². The largest absolute Gasteiger partial charge is 0.493 e. The normalized spacial score (nSPS) is 17.6. The number of anilines is 2. The molecule has 0 bridgehead atoms. The predicted octanol–water partition coefficient (Wildman–Crippen LogP) is 4.62. The summed E-state index contributed by atoms with van der Waals surface area (Å²) in [4.78, 5) is 33.8. The number of carbonyl (C=O) groups excluding carboxylic acids is 2. The number of hydrogen-bond donors (Lipinski definition) is 0. The number of hydrogen-bond acceptors (Lipinski definition) is 6. The lowest BCUT2D eigenvalue weighted by atomic mass is 9.98. The van der Waals surface area contributed by atoms with Gasteiger partial charge in [0.05, 0.1) is 19.4 Å². The predicted molar refractivity (Wildman–Crippen MR) is 131 cm³/mol. The van der Waals surface area contributed by atoms with E-state index < -0.39 is 0 Å². The molecule has 1 aliphatic carbocycles. The number of carbonyl (C=O) groups is 2. The Bertz CT molecular complexity index is 1150. The lowest BCUT2D eigenvalue weighted by molar-refractivity contribution is -0.131. The molecule has 0 spiro atoms. The van der Waals surface area contributed by atoms with Crippen molar-refractivity contribution in [1.29, 1.82) is 0 Å². The molecule has 5 rings (SSSR count). The van der Waals surface area contributed by atoms with Gasteiger partial charge in [-0.15, -0.1) is 11.3 Å². The van der Waals surface area contributed by atoms with Crippen LogP contribution < -0.4 is 14.4 Å². The van der Waals surface area contributed by atoms with Gasteiger partial charge < -0.3 is 14.4 Å². The molecule has 176 valence electrons. The van der Waals surface area contributed by atoms with Crippen molar-refractivity contribution in [1.82, 2.24) is 9.88 Å². The summed E-state index contributed by atoms with van der Waals surface area (Å²) in [5.41, 5.74) is 1.76. The number of likely N-dealkylation sites (tertiary alicyclic amines) is 1. The van der Waals surface area contributed by atoms with E-state index in [1.807, 2.05) is 53.9 Å². The van der Waals surface area contributed by atoms with Crippen molar-refractivity contribution in [2.45, 2.75) is 25.2 Å². The Balaban J connectivity index is 1.30. The molecule has 34 heavy (non-hydrogen) atoms. The number of methoxy groups -OCH3 is 1. The van der Waals surface area contributed by atoms with E-state index in [0.29, 0.717) is 42.1 Å². The Morgan fingerprint density at radius 2 is 2.00 bits per heavy atom. The zero-order valence-electron chi connectivity index (χ0n) is 19.1. The molecule has 2 aliphatic rings. The van der Waals surface area contributed by atoms with E-state index in [2.05, 4.69) is 4.98 Å². The van der Waals surface area contributed by atoms with Crippen LogP contribution in [-0.2, 0) is 9.59 Å². The van der Waals surface area contributed by atoms with Crippen LogP contribution in [0.5, 0.6) is 11.5 Å². The van der Waals surface area contributed by atoms with Gasteiger partial charge in [-0.3, -0.25) is 14.5 Å². The fourth-order valence-electron chi connectivity index (χ4n) is 4.20. The summed E-state index contributed by atoms with van der Waals surface area (Å²) in [5, 5.41) is 2.43. The summed E-state index contributed by atoms with van der Waals surface area (Å²) in [5.74, 6) is 1.84. The number of rotatable bonds is 9. The van der Waals surface area contributed by atoms with Crippen LogP contribution in [0.4, 0.5) is 10.8 Å². The van der Waals surface area contributed by atoms with E-state index in [1.165, 1.54) is 24.2 Å². The summed E-state index contributed by atoms with van der Waals surface area (Å²) in [6.07, 6.45) is 4.46. The molecule has 0 unspecified atom stereocenters. The summed E-state index contributed by atoms with van der Waals surface area (Å²) in [6, 6.07) is 15.3. The second kappa shape index (κ2) is 9.85. The average molecular weight is 478 g/mol. The monoisotopic (exact) mass is 477 g/mol. The van der Waals surface area contributed by atoms with Gasteiger partial charge in [-0.1, -0.05) is 24.3 Å². The van der Waals surface area contributed by atoms with E-state index in [9.17, 15) is 9.59 Å². The molecule has 1 saturated heterocycles. The Kier molecular flexibility index (Phi) is 6.49. The molecule has 1 saturated carbocycles. The van der Waals surface area contributed by atoms with E-state index in [4.69, 9.17) is 9.47 Å².